The van der Waals surface area contributed by atoms with Crippen molar-refractivity contribution in [2.45, 2.75) is 45.4 Å². The predicted octanol–water partition coefficient (Wildman–Crippen LogP) is 6.83. The van der Waals surface area contributed by atoms with Crippen LogP contribution in [0.15, 0.2) is 24.3 Å². The van der Waals surface area contributed by atoms with Gasteiger partial charge in [0.2, 0.25) is 5.75 Å². The molecule has 0 N–H and O–H groups in total. The van der Waals surface area contributed by atoms with Crippen molar-refractivity contribution in [2.75, 3.05) is 0 Å². The molecule has 0 heterocycles. The number of unbranched alkanes of at least 4 members (excludes halogenated alkanes) is 1. The molecule has 0 saturated carbocycles. The summed E-state index contributed by atoms with van der Waals surface area (Å²) in [6.45, 7) is 2.04. The summed E-state index contributed by atoms with van der Waals surface area (Å²) in [5.74, 6) is -4.73. The van der Waals surface area contributed by atoms with Crippen LogP contribution in [0.1, 0.15) is 48.4 Å². The number of benzene rings is 2. The van der Waals surface area contributed by atoms with E-state index in [1.54, 1.807) is 6.07 Å². The summed E-state index contributed by atoms with van der Waals surface area (Å²) in [7, 11) is 0. The summed E-state index contributed by atoms with van der Waals surface area (Å²) >= 11 is 0. The van der Waals surface area contributed by atoms with E-state index >= 15 is 0 Å². The zero-order valence-electron chi connectivity index (χ0n) is 15.1. The Bertz CT molecular complexity index is 914. The highest BCUT2D eigenvalue weighted by atomic mass is 19.4. The van der Waals surface area contributed by atoms with Crippen LogP contribution < -0.4 is 4.74 Å². The molecule has 0 unspecified atom stereocenters. The molecule has 0 spiro atoms. The normalized spacial score (nSPS) is 13.9. The molecule has 1 aliphatic carbocycles. The quantitative estimate of drug-likeness (QED) is 0.500. The standard InChI is InChI=1S/C21H18F6O/c1-2-3-4-12-5-7-15(17(22)9-12)13-6-8-16-14(10-13)11-18(23)20(19(16)24)28-21(25,26)27/h5,7,9-11H,2-4,6,8H2,1H3. The van der Waals surface area contributed by atoms with Crippen molar-refractivity contribution in [1.82, 2.24) is 0 Å². The van der Waals surface area contributed by atoms with Gasteiger partial charge in [-0.2, -0.15) is 0 Å². The molecular formula is C21H18F6O. The summed E-state index contributed by atoms with van der Waals surface area (Å²) in [4.78, 5) is 0. The first-order chi connectivity index (χ1) is 13.2. The van der Waals surface area contributed by atoms with Crippen LogP contribution in [-0.4, -0.2) is 6.36 Å². The lowest BCUT2D eigenvalue weighted by atomic mass is 9.87. The van der Waals surface area contributed by atoms with Gasteiger partial charge in [-0.15, -0.1) is 13.2 Å². The van der Waals surface area contributed by atoms with Crippen LogP contribution in [0.5, 0.6) is 5.75 Å². The lowest BCUT2D eigenvalue weighted by Gasteiger charge is -2.20. The van der Waals surface area contributed by atoms with Gasteiger partial charge in [0.25, 0.3) is 0 Å². The Morgan fingerprint density at radius 1 is 1.00 bits per heavy atom. The van der Waals surface area contributed by atoms with Crippen molar-refractivity contribution >= 4 is 11.6 Å². The van der Waals surface area contributed by atoms with Gasteiger partial charge in [0, 0.05) is 5.56 Å². The molecule has 0 bridgehead atoms. The lowest BCUT2D eigenvalue weighted by molar-refractivity contribution is -0.276. The van der Waals surface area contributed by atoms with E-state index in [1.165, 1.54) is 12.1 Å². The van der Waals surface area contributed by atoms with Gasteiger partial charge < -0.3 is 4.74 Å². The summed E-state index contributed by atoms with van der Waals surface area (Å²) in [6.07, 6.45) is -0.877. The molecular weight excluding hydrogens is 382 g/mol. The van der Waals surface area contributed by atoms with Crippen LogP contribution in [0.25, 0.3) is 11.6 Å². The van der Waals surface area contributed by atoms with Crippen molar-refractivity contribution < 1.29 is 31.1 Å². The highest BCUT2D eigenvalue weighted by Gasteiger charge is 2.35. The van der Waals surface area contributed by atoms with Crippen LogP contribution in [0.4, 0.5) is 26.3 Å². The Balaban J connectivity index is 1.95. The maximum atomic E-state index is 14.5. The van der Waals surface area contributed by atoms with Crippen molar-refractivity contribution in [3.05, 3.63) is 64.0 Å². The fourth-order valence-corrected chi connectivity index (χ4v) is 3.34. The number of allylic oxidation sites excluding steroid dienone is 1. The highest BCUT2D eigenvalue weighted by molar-refractivity contribution is 5.85. The second-order valence-electron chi connectivity index (χ2n) is 6.70. The topological polar surface area (TPSA) is 9.23 Å². The smallest absolute Gasteiger partial charge is 0.399 e. The average molecular weight is 400 g/mol. The molecule has 1 aliphatic rings. The molecule has 0 aliphatic heterocycles. The highest BCUT2D eigenvalue weighted by Crippen LogP contribution is 2.38. The van der Waals surface area contributed by atoms with E-state index < -0.39 is 29.6 Å². The van der Waals surface area contributed by atoms with E-state index in [0.717, 1.165) is 30.9 Å². The molecule has 7 heteroatoms. The van der Waals surface area contributed by atoms with Gasteiger partial charge in [-0.1, -0.05) is 31.6 Å². The molecule has 150 valence electrons. The maximum Gasteiger partial charge on any atom is 0.573 e. The summed E-state index contributed by atoms with van der Waals surface area (Å²) < 4.78 is 83.4. The number of hydrogen-bond donors (Lipinski definition) is 0. The van der Waals surface area contributed by atoms with Crippen molar-refractivity contribution in [1.29, 1.82) is 0 Å². The van der Waals surface area contributed by atoms with Gasteiger partial charge in [0.15, 0.2) is 11.6 Å². The maximum absolute atomic E-state index is 14.5. The lowest BCUT2D eigenvalue weighted by Crippen LogP contribution is -2.20. The third kappa shape index (κ3) is 4.34. The molecule has 0 saturated heterocycles. The van der Waals surface area contributed by atoms with Crippen molar-refractivity contribution in [3.63, 3.8) is 0 Å². The van der Waals surface area contributed by atoms with Crippen LogP contribution in [0.2, 0.25) is 0 Å². The largest absolute Gasteiger partial charge is 0.573 e. The first kappa shape index (κ1) is 20.3. The first-order valence-corrected chi connectivity index (χ1v) is 8.95. The Labute approximate surface area is 158 Å². The molecule has 0 atom stereocenters. The van der Waals surface area contributed by atoms with E-state index in [4.69, 9.17) is 0 Å². The van der Waals surface area contributed by atoms with Crippen LogP contribution in [0.3, 0.4) is 0 Å². The third-order valence-corrected chi connectivity index (χ3v) is 4.70. The SMILES string of the molecule is CCCCc1ccc(C2=Cc3cc(F)c(OC(F)(F)F)c(F)c3CC2)c(F)c1. The second kappa shape index (κ2) is 7.89. The van der Waals surface area contributed by atoms with Crippen LogP contribution in [-0.2, 0) is 12.8 Å². The molecule has 1 nitrogen and oxygen atoms in total. The van der Waals surface area contributed by atoms with Gasteiger partial charge in [-0.25, -0.2) is 13.2 Å². The van der Waals surface area contributed by atoms with Crippen LogP contribution >= 0.6 is 0 Å². The zero-order chi connectivity index (χ0) is 20.5. The predicted molar refractivity (Wildman–Crippen MR) is 94.2 cm³/mol. The van der Waals surface area contributed by atoms with Gasteiger partial charge >= 0.3 is 6.36 Å². The fourth-order valence-electron chi connectivity index (χ4n) is 3.34. The molecule has 2 aromatic carbocycles. The van der Waals surface area contributed by atoms with Gasteiger partial charge in [0.1, 0.15) is 5.82 Å². The van der Waals surface area contributed by atoms with E-state index in [0.29, 0.717) is 11.1 Å². The molecule has 2 aromatic rings. The van der Waals surface area contributed by atoms with E-state index in [9.17, 15) is 26.3 Å². The minimum Gasteiger partial charge on any atom is -0.399 e. The average Bonchev–Trinajstić information content (AvgIpc) is 2.62. The fraction of sp³-hybridized carbons (Fsp3) is 0.333. The van der Waals surface area contributed by atoms with Crippen molar-refractivity contribution in [2.24, 2.45) is 0 Å². The minimum absolute atomic E-state index is 0.0124. The molecule has 3 rings (SSSR count). The summed E-state index contributed by atoms with van der Waals surface area (Å²) in [5, 5.41) is 0. The Morgan fingerprint density at radius 3 is 2.39 bits per heavy atom. The van der Waals surface area contributed by atoms with E-state index in [-0.39, 0.29) is 24.0 Å². The van der Waals surface area contributed by atoms with E-state index in [1.807, 2.05) is 13.0 Å². The minimum atomic E-state index is -5.20. The van der Waals surface area contributed by atoms with Crippen LogP contribution in [0, 0.1) is 17.5 Å². The zero-order valence-corrected chi connectivity index (χ0v) is 15.1. The molecule has 0 radical (unpaired) electrons. The number of halogens is 6. The number of hydrogen-bond acceptors (Lipinski definition) is 1. The summed E-state index contributed by atoms with van der Waals surface area (Å²) in [6, 6.07) is 5.67. The number of alkyl halides is 3. The number of rotatable bonds is 5. The Morgan fingerprint density at radius 2 is 1.75 bits per heavy atom. The molecule has 0 fully saturated rings. The molecule has 28 heavy (non-hydrogen) atoms. The molecule has 0 aromatic heterocycles. The van der Waals surface area contributed by atoms with E-state index in [2.05, 4.69) is 4.74 Å². The van der Waals surface area contributed by atoms with Gasteiger partial charge in [-0.05, 0) is 60.1 Å². The Kier molecular flexibility index (Phi) is 5.72. The van der Waals surface area contributed by atoms with Gasteiger partial charge in [-0.3, -0.25) is 0 Å². The number of ether oxygens (including phenoxy) is 1. The first-order valence-electron chi connectivity index (χ1n) is 8.95. The molecule has 0 amide bonds. The second-order valence-corrected chi connectivity index (χ2v) is 6.70. The monoisotopic (exact) mass is 400 g/mol. The Hall–Kier alpha value is -2.44. The number of fused-ring (bicyclic) bond motifs is 1. The third-order valence-electron chi connectivity index (χ3n) is 4.70. The summed E-state index contributed by atoms with van der Waals surface area (Å²) in [5.41, 5.74) is 1.73. The number of aryl methyl sites for hydroxylation is 1. The van der Waals surface area contributed by atoms with Crippen molar-refractivity contribution in [3.8, 4) is 5.75 Å². The van der Waals surface area contributed by atoms with Gasteiger partial charge in [0.05, 0.1) is 0 Å².